The molecule has 1 unspecified atom stereocenters. The Bertz CT molecular complexity index is 808. The van der Waals surface area contributed by atoms with Crippen LogP contribution in [0.25, 0.3) is 10.4 Å². The molecule has 1 amide bonds. The Morgan fingerprint density at radius 2 is 2.22 bits per heavy atom. The number of thiophene rings is 1. The van der Waals surface area contributed by atoms with Crippen molar-refractivity contribution in [2.45, 2.75) is 19.2 Å². The Morgan fingerprint density at radius 3 is 2.96 bits per heavy atom. The predicted octanol–water partition coefficient (Wildman–Crippen LogP) is 4.80. The number of ether oxygens (including phenoxy) is 1. The van der Waals surface area contributed by atoms with E-state index in [-0.39, 0.29) is 12.5 Å². The molecule has 4 rings (SSSR count). The molecule has 0 saturated carbocycles. The molecule has 3 heterocycles. The van der Waals surface area contributed by atoms with Crippen LogP contribution in [0.15, 0.2) is 18.2 Å². The highest BCUT2D eigenvalue weighted by Crippen LogP contribution is 2.47. The van der Waals surface area contributed by atoms with Gasteiger partial charge in [0.25, 0.3) is 5.91 Å². The van der Waals surface area contributed by atoms with Crippen molar-refractivity contribution >= 4 is 40.4 Å². The van der Waals surface area contributed by atoms with Gasteiger partial charge in [-0.15, -0.1) is 11.3 Å². The molecule has 0 radical (unpaired) electrons. The second-order valence-electron chi connectivity index (χ2n) is 5.63. The normalized spacial score (nSPS) is 19.3. The fourth-order valence-corrected chi connectivity index (χ4v) is 4.45. The van der Waals surface area contributed by atoms with Crippen molar-refractivity contribution in [3.63, 3.8) is 0 Å². The van der Waals surface area contributed by atoms with Crippen molar-refractivity contribution in [1.29, 1.82) is 0 Å². The van der Waals surface area contributed by atoms with Crippen molar-refractivity contribution in [1.82, 2.24) is 4.90 Å². The van der Waals surface area contributed by atoms with Gasteiger partial charge in [-0.25, -0.2) is 4.39 Å². The number of fused-ring (bicyclic) bond motifs is 3. The first kappa shape index (κ1) is 15.2. The average Bonchev–Trinajstić information content (AvgIpc) is 3.16. The molecular formula is C16H12Cl2FNO2S. The van der Waals surface area contributed by atoms with Crippen LogP contribution in [0.1, 0.15) is 21.7 Å². The van der Waals surface area contributed by atoms with E-state index in [2.05, 4.69) is 0 Å². The number of benzene rings is 1. The maximum absolute atomic E-state index is 13.3. The minimum absolute atomic E-state index is 0.119. The summed E-state index contributed by atoms with van der Waals surface area (Å²) < 4.78 is 19.0. The first-order valence-corrected chi connectivity index (χ1v) is 8.79. The van der Waals surface area contributed by atoms with Gasteiger partial charge >= 0.3 is 0 Å². The SMILES string of the molecule is O=C(c1cc2c(s1)-c1ccc(Cl)c(Cl)c1OC2)N1CCC(F)C1. The second kappa shape index (κ2) is 5.65. The Labute approximate surface area is 146 Å². The van der Waals surface area contributed by atoms with Crippen LogP contribution in [0.4, 0.5) is 4.39 Å². The summed E-state index contributed by atoms with van der Waals surface area (Å²) in [5.41, 5.74) is 1.79. The van der Waals surface area contributed by atoms with E-state index in [1.165, 1.54) is 11.3 Å². The Balaban J connectivity index is 1.72. The largest absolute Gasteiger partial charge is 0.487 e. The maximum atomic E-state index is 13.3. The van der Waals surface area contributed by atoms with Crippen LogP contribution in [0.3, 0.4) is 0 Å². The Morgan fingerprint density at radius 1 is 1.39 bits per heavy atom. The van der Waals surface area contributed by atoms with Gasteiger partial charge in [-0.2, -0.15) is 0 Å². The van der Waals surface area contributed by atoms with E-state index in [1.54, 1.807) is 11.0 Å². The van der Waals surface area contributed by atoms with Crippen molar-refractivity contribution in [3.8, 4) is 16.2 Å². The summed E-state index contributed by atoms with van der Waals surface area (Å²) >= 11 is 13.6. The van der Waals surface area contributed by atoms with Crippen LogP contribution in [0.5, 0.6) is 5.75 Å². The zero-order valence-corrected chi connectivity index (χ0v) is 14.3. The first-order chi connectivity index (χ1) is 11.0. The lowest BCUT2D eigenvalue weighted by Crippen LogP contribution is -2.28. The third-order valence-corrected chi connectivity index (χ3v) is 6.09. The smallest absolute Gasteiger partial charge is 0.264 e. The highest BCUT2D eigenvalue weighted by Gasteiger charge is 2.30. The monoisotopic (exact) mass is 371 g/mol. The summed E-state index contributed by atoms with van der Waals surface area (Å²) in [5.74, 6) is 0.434. The van der Waals surface area contributed by atoms with Gasteiger partial charge in [0.15, 0.2) is 0 Å². The second-order valence-corrected chi connectivity index (χ2v) is 7.47. The Kier molecular flexibility index (Phi) is 3.75. The summed E-state index contributed by atoms with van der Waals surface area (Å²) in [6.07, 6.45) is -0.504. The number of nitrogens with zero attached hydrogens (tertiary/aromatic N) is 1. The number of carbonyl (C=O) groups is 1. The van der Waals surface area contributed by atoms with Crippen LogP contribution < -0.4 is 4.74 Å². The highest BCUT2D eigenvalue weighted by molar-refractivity contribution is 7.17. The predicted molar refractivity (Wildman–Crippen MR) is 89.5 cm³/mol. The molecule has 23 heavy (non-hydrogen) atoms. The number of rotatable bonds is 1. The molecule has 0 spiro atoms. The minimum Gasteiger partial charge on any atom is -0.487 e. The molecule has 1 fully saturated rings. The Hall–Kier alpha value is -1.30. The van der Waals surface area contributed by atoms with Crippen LogP contribution >= 0.6 is 34.5 Å². The van der Waals surface area contributed by atoms with Crippen molar-refractivity contribution in [2.24, 2.45) is 0 Å². The molecule has 0 bridgehead atoms. The number of alkyl halides is 1. The fraction of sp³-hybridized carbons (Fsp3) is 0.312. The zero-order chi connectivity index (χ0) is 16.1. The molecule has 0 aliphatic carbocycles. The molecule has 7 heteroatoms. The van der Waals surface area contributed by atoms with Crippen molar-refractivity contribution in [3.05, 3.63) is 38.7 Å². The highest BCUT2D eigenvalue weighted by atomic mass is 35.5. The lowest BCUT2D eigenvalue weighted by molar-refractivity contribution is 0.0787. The van der Waals surface area contributed by atoms with Gasteiger partial charge < -0.3 is 9.64 Å². The van der Waals surface area contributed by atoms with E-state index in [9.17, 15) is 9.18 Å². The third-order valence-electron chi connectivity index (χ3n) is 4.10. The molecule has 120 valence electrons. The maximum Gasteiger partial charge on any atom is 0.264 e. The van der Waals surface area contributed by atoms with E-state index in [0.717, 1.165) is 16.0 Å². The summed E-state index contributed by atoms with van der Waals surface area (Å²) in [7, 11) is 0. The van der Waals surface area contributed by atoms with Crippen LogP contribution in [-0.2, 0) is 6.61 Å². The molecule has 1 aromatic carbocycles. The van der Waals surface area contributed by atoms with Crippen molar-refractivity contribution < 1.29 is 13.9 Å². The van der Waals surface area contributed by atoms with Gasteiger partial charge in [-0.3, -0.25) is 4.79 Å². The summed E-state index contributed by atoms with van der Waals surface area (Å²) in [5, 5.41) is 0.823. The number of hydrogen-bond acceptors (Lipinski definition) is 3. The van der Waals surface area contributed by atoms with E-state index in [4.69, 9.17) is 27.9 Å². The fourth-order valence-electron chi connectivity index (χ4n) is 2.93. The lowest BCUT2D eigenvalue weighted by Gasteiger charge is -2.19. The standard InChI is InChI=1S/C16H12Cl2FNO2S/c17-11-2-1-10-14(13(11)18)22-7-8-5-12(23-15(8)10)16(21)20-4-3-9(19)6-20/h1-2,5,9H,3-4,6-7H2. The summed E-state index contributed by atoms with van der Waals surface area (Å²) in [6.45, 7) is 0.991. The zero-order valence-electron chi connectivity index (χ0n) is 11.9. The quantitative estimate of drug-likeness (QED) is 0.720. The van der Waals surface area contributed by atoms with Gasteiger partial charge in [-0.05, 0) is 24.6 Å². The van der Waals surface area contributed by atoms with E-state index in [1.807, 2.05) is 12.1 Å². The molecule has 2 aliphatic heterocycles. The van der Waals surface area contributed by atoms with Gasteiger partial charge in [0.1, 0.15) is 23.6 Å². The van der Waals surface area contributed by atoms with Gasteiger partial charge in [0.05, 0.1) is 16.4 Å². The number of amides is 1. The summed E-state index contributed by atoms with van der Waals surface area (Å²) in [4.78, 5) is 15.7. The molecule has 1 atom stereocenters. The van der Waals surface area contributed by atoms with E-state index < -0.39 is 6.17 Å². The van der Waals surface area contributed by atoms with Gasteiger partial charge in [-0.1, -0.05) is 23.2 Å². The topological polar surface area (TPSA) is 29.5 Å². The first-order valence-electron chi connectivity index (χ1n) is 7.22. The number of carbonyl (C=O) groups excluding carboxylic acids is 1. The number of likely N-dealkylation sites (tertiary alicyclic amines) is 1. The minimum atomic E-state index is -0.918. The molecule has 1 aromatic heterocycles. The van der Waals surface area contributed by atoms with Gasteiger partial charge in [0.2, 0.25) is 0 Å². The summed E-state index contributed by atoms with van der Waals surface area (Å²) in [6, 6.07) is 5.40. The third kappa shape index (κ3) is 2.51. The van der Waals surface area contributed by atoms with Gasteiger partial charge in [0, 0.05) is 22.5 Å². The molecule has 3 nitrogen and oxygen atoms in total. The van der Waals surface area contributed by atoms with Crippen LogP contribution in [0, 0.1) is 0 Å². The van der Waals surface area contributed by atoms with Crippen LogP contribution in [-0.4, -0.2) is 30.1 Å². The van der Waals surface area contributed by atoms with E-state index >= 15 is 0 Å². The van der Waals surface area contributed by atoms with Crippen LogP contribution in [0.2, 0.25) is 10.0 Å². The number of halogens is 3. The number of hydrogen-bond donors (Lipinski definition) is 0. The molecule has 2 aliphatic rings. The van der Waals surface area contributed by atoms with Crippen molar-refractivity contribution in [2.75, 3.05) is 13.1 Å². The lowest BCUT2D eigenvalue weighted by atomic mass is 10.1. The molecular weight excluding hydrogens is 360 g/mol. The average molecular weight is 372 g/mol. The van der Waals surface area contributed by atoms with E-state index in [0.29, 0.717) is 40.2 Å². The molecule has 1 saturated heterocycles. The molecule has 2 aromatic rings. The molecule has 0 N–H and O–H groups in total.